The lowest BCUT2D eigenvalue weighted by Crippen LogP contribution is -2.39. The molecule has 0 saturated carbocycles. The number of hydrogen-bond acceptors (Lipinski definition) is 5. The topological polar surface area (TPSA) is 56.3 Å². The van der Waals surface area contributed by atoms with Crippen molar-refractivity contribution >= 4 is 17.4 Å². The molecule has 1 aliphatic rings. The van der Waals surface area contributed by atoms with E-state index in [0.29, 0.717) is 18.3 Å². The summed E-state index contributed by atoms with van der Waals surface area (Å²) in [7, 11) is 1.71. The fourth-order valence-electron chi connectivity index (χ4n) is 2.06. The Kier molecular flexibility index (Phi) is 4.37. The van der Waals surface area contributed by atoms with Gasteiger partial charge >= 0.3 is 0 Å². The average Bonchev–Trinajstić information content (AvgIpc) is 2.86. The SMILES string of the molecule is CCc1c(Cl)ncnc1NCC1(OC)CCOC1. The summed E-state index contributed by atoms with van der Waals surface area (Å²) in [6.45, 7) is 4.03. The maximum atomic E-state index is 6.05. The van der Waals surface area contributed by atoms with Crippen molar-refractivity contribution in [3.05, 3.63) is 17.0 Å². The smallest absolute Gasteiger partial charge is 0.137 e. The predicted octanol–water partition coefficient (Wildman–Crippen LogP) is 1.91. The van der Waals surface area contributed by atoms with E-state index in [0.717, 1.165) is 30.8 Å². The fraction of sp³-hybridized carbons (Fsp3) is 0.667. The summed E-state index contributed by atoms with van der Waals surface area (Å²) >= 11 is 6.05. The lowest BCUT2D eigenvalue weighted by molar-refractivity contribution is -0.00626. The van der Waals surface area contributed by atoms with Crippen LogP contribution in [-0.4, -0.2) is 42.4 Å². The molecule has 2 rings (SSSR count). The molecule has 1 N–H and O–H groups in total. The predicted molar refractivity (Wildman–Crippen MR) is 70.1 cm³/mol. The molecule has 1 atom stereocenters. The van der Waals surface area contributed by atoms with Gasteiger partial charge in [-0.15, -0.1) is 0 Å². The van der Waals surface area contributed by atoms with E-state index >= 15 is 0 Å². The highest BCUT2D eigenvalue weighted by Gasteiger charge is 2.35. The second kappa shape index (κ2) is 5.82. The van der Waals surface area contributed by atoms with Crippen LogP contribution >= 0.6 is 11.6 Å². The molecule has 0 amide bonds. The summed E-state index contributed by atoms with van der Waals surface area (Å²) in [5, 5.41) is 3.80. The molecule has 100 valence electrons. The minimum Gasteiger partial charge on any atom is -0.378 e. The van der Waals surface area contributed by atoms with Gasteiger partial charge in [0.05, 0.1) is 6.61 Å². The lowest BCUT2D eigenvalue weighted by atomic mass is 10.0. The Morgan fingerprint density at radius 3 is 3.00 bits per heavy atom. The molecule has 0 radical (unpaired) electrons. The maximum Gasteiger partial charge on any atom is 0.137 e. The van der Waals surface area contributed by atoms with E-state index in [2.05, 4.69) is 15.3 Å². The fourth-order valence-corrected chi connectivity index (χ4v) is 2.33. The number of rotatable bonds is 5. The molecule has 0 aliphatic carbocycles. The van der Waals surface area contributed by atoms with Crippen molar-refractivity contribution in [2.75, 3.05) is 32.2 Å². The molecule has 1 aromatic heterocycles. The summed E-state index contributed by atoms with van der Waals surface area (Å²) in [6.07, 6.45) is 3.14. The van der Waals surface area contributed by atoms with Gasteiger partial charge in [-0.2, -0.15) is 0 Å². The van der Waals surface area contributed by atoms with Crippen LogP contribution in [0.5, 0.6) is 0 Å². The Bertz CT molecular complexity index is 408. The van der Waals surface area contributed by atoms with Gasteiger partial charge in [-0.1, -0.05) is 18.5 Å². The van der Waals surface area contributed by atoms with E-state index in [-0.39, 0.29) is 5.60 Å². The highest BCUT2D eigenvalue weighted by atomic mass is 35.5. The van der Waals surface area contributed by atoms with Gasteiger partial charge < -0.3 is 14.8 Å². The molecule has 1 aromatic rings. The van der Waals surface area contributed by atoms with E-state index in [1.54, 1.807) is 7.11 Å². The number of nitrogens with one attached hydrogen (secondary N) is 1. The van der Waals surface area contributed by atoms with Crippen molar-refractivity contribution in [2.45, 2.75) is 25.4 Å². The Labute approximate surface area is 112 Å². The molecule has 5 nitrogen and oxygen atoms in total. The van der Waals surface area contributed by atoms with Crippen molar-refractivity contribution in [3.8, 4) is 0 Å². The summed E-state index contributed by atoms with van der Waals surface area (Å²) in [5.41, 5.74) is 0.673. The van der Waals surface area contributed by atoms with Gasteiger partial charge in [-0.05, 0) is 6.42 Å². The molecule has 1 aliphatic heterocycles. The van der Waals surface area contributed by atoms with Gasteiger partial charge in [0.1, 0.15) is 22.9 Å². The molecule has 1 unspecified atom stereocenters. The third-order valence-corrected chi connectivity index (χ3v) is 3.65. The first kappa shape index (κ1) is 13.5. The van der Waals surface area contributed by atoms with Gasteiger partial charge in [-0.3, -0.25) is 0 Å². The normalized spacial score (nSPS) is 23.3. The number of anilines is 1. The van der Waals surface area contributed by atoms with E-state index < -0.39 is 0 Å². The average molecular weight is 272 g/mol. The quantitative estimate of drug-likeness (QED) is 0.829. The highest BCUT2D eigenvalue weighted by molar-refractivity contribution is 6.30. The summed E-state index contributed by atoms with van der Waals surface area (Å²) in [6, 6.07) is 0. The molecule has 0 spiro atoms. The number of ether oxygens (including phenoxy) is 2. The monoisotopic (exact) mass is 271 g/mol. The second-order valence-corrected chi connectivity index (χ2v) is 4.75. The lowest BCUT2D eigenvalue weighted by Gasteiger charge is -2.26. The molecule has 6 heteroatoms. The van der Waals surface area contributed by atoms with Crippen LogP contribution in [0.3, 0.4) is 0 Å². The van der Waals surface area contributed by atoms with Crippen LogP contribution in [0.1, 0.15) is 18.9 Å². The Morgan fingerprint density at radius 2 is 2.39 bits per heavy atom. The van der Waals surface area contributed by atoms with Gasteiger partial charge in [0.25, 0.3) is 0 Å². The first-order chi connectivity index (χ1) is 8.71. The van der Waals surface area contributed by atoms with Crippen LogP contribution in [-0.2, 0) is 15.9 Å². The van der Waals surface area contributed by atoms with Crippen LogP contribution in [0.25, 0.3) is 0 Å². The van der Waals surface area contributed by atoms with Crippen LogP contribution in [0, 0.1) is 0 Å². The standard InChI is InChI=1S/C12H18ClN3O2/c1-3-9-10(13)15-8-16-11(9)14-6-12(17-2)4-5-18-7-12/h8H,3-7H2,1-2H3,(H,14,15,16). The molecule has 1 fully saturated rings. The third-order valence-electron chi connectivity index (χ3n) is 3.32. The van der Waals surface area contributed by atoms with Crippen LogP contribution in [0.15, 0.2) is 6.33 Å². The molecular formula is C12H18ClN3O2. The van der Waals surface area contributed by atoms with Crippen molar-refractivity contribution < 1.29 is 9.47 Å². The first-order valence-electron chi connectivity index (χ1n) is 6.07. The molecule has 0 bridgehead atoms. The van der Waals surface area contributed by atoms with E-state index in [9.17, 15) is 0 Å². The second-order valence-electron chi connectivity index (χ2n) is 4.39. The largest absolute Gasteiger partial charge is 0.378 e. The van der Waals surface area contributed by atoms with Crippen LogP contribution in [0.4, 0.5) is 5.82 Å². The number of nitrogens with zero attached hydrogens (tertiary/aromatic N) is 2. The number of methoxy groups -OCH3 is 1. The summed E-state index contributed by atoms with van der Waals surface area (Å²) in [5.74, 6) is 0.779. The Hall–Kier alpha value is -0.910. The van der Waals surface area contributed by atoms with Gasteiger partial charge in [0.15, 0.2) is 0 Å². The first-order valence-corrected chi connectivity index (χ1v) is 6.45. The summed E-state index contributed by atoms with van der Waals surface area (Å²) in [4.78, 5) is 8.22. The zero-order chi connectivity index (χ0) is 13.0. The number of halogens is 1. The van der Waals surface area contributed by atoms with Gasteiger partial charge in [-0.25, -0.2) is 9.97 Å². The molecule has 1 saturated heterocycles. The molecule has 0 aromatic carbocycles. The highest BCUT2D eigenvalue weighted by Crippen LogP contribution is 2.25. The summed E-state index contributed by atoms with van der Waals surface area (Å²) < 4.78 is 11.0. The van der Waals surface area contributed by atoms with Crippen molar-refractivity contribution in [2.24, 2.45) is 0 Å². The Balaban J connectivity index is 2.08. The minimum absolute atomic E-state index is 0.261. The minimum atomic E-state index is -0.261. The molecular weight excluding hydrogens is 254 g/mol. The Morgan fingerprint density at radius 1 is 1.56 bits per heavy atom. The number of hydrogen-bond donors (Lipinski definition) is 1. The van der Waals surface area contributed by atoms with Gasteiger partial charge in [0, 0.05) is 32.2 Å². The zero-order valence-corrected chi connectivity index (χ0v) is 11.5. The van der Waals surface area contributed by atoms with Gasteiger partial charge in [0.2, 0.25) is 0 Å². The van der Waals surface area contributed by atoms with Crippen molar-refractivity contribution in [3.63, 3.8) is 0 Å². The maximum absolute atomic E-state index is 6.05. The van der Waals surface area contributed by atoms with E-state index in [1.165, 1.54) is 6.33 Å². The zero-order valence-electron chi connectivity index (χ0n) is 10.7. The van der Waals surface area contributed by atoms with Crippen molar-refractivity contribution in [1.29, 1.82) is 0 Å². The van der Waals surface area contributed by atoms with Crippen LogP contribution in [0.2, 0.25) is 5.15 Å². The van der Waals surface area contributed by atoms with Crippen LogP contribution < -0.4 is 5.32 Å². The third kappa shape index (κ3) is 2.74. The van der Waals surface area contributed by atoms with E-state index in [4.69, 9.17) is 21.1 Å². The van der Waals surface area contributed by atoms with E-state index in [1.807, 2.05) is 6.92 Å². The molecule has 2 heterocycles. The molecule has 18 heavy (non-hydrogen) atoms. The van der Waals surface area contributed by atoms with Crippen molar-refractivity contribution in [1.82, 2.24) is 9.97 Å². The number of aromatic nitrogens is 2.